The summed E-state index contributed by atoms with van der Waals surface area (Å²) >= 11 is 1.55. The van der Waals surface area contributed by atoms with Crippen LogP contribution in [0.5, 0.6) is 0 Å². The molecule has 0 unspecified atom stereocenters. The Morgan fingerprint density at radius 1 is 1.10 bits per heavy atom. The van der Waals surface area contributed by atoms with E-state index in [0.717, 1.165) is 4.88 Å². The number of halogens is 1. The highest BCUT2D eigenvalue weighted by molar-refractivity contribution is 7.92. The van der Waals surface area contributed by atoms with Crippen molar-refractivity contribution in [3.8, 4) is 0 Å². The molecule has 1 N–H and O–H groups in total. The highest BCUT2D eigenvalue weighted by Gasteiger charge is 2.19. The molecule has 0 bridgehead atoms. The van der Waals surface area contributed by atoms with Crippen LogP contribution in [0, 0.1) is 5.82 Å². The smallest absolute Gasteiger partial charge is 0.261 e. The van der Waals surface area contributed by atoms with Gasteiger partial charge in [0, 0.05) is 17.0 Å². The van der Waals surface area contributed by atoms with E-state index in [-0.39, 0.29) is 16.5 Å². The fourth-order valence-corrected chi connectivity index (χ4v) is 4.46. The first-order chi connectivity index (χ1) is 13.9. The number of carbonyl (C=O) groups excluding carboxylic acids is 1. The molecular weight excluding hydrogens is 411 g/mol. The third-order valence-electron chi connectivity index (χ3n) is 4.09. The number of benzene rings is 2. The number of amides is 1. The van der Waals surface area contributed by atoms with E-state index in [0.29, 0.717) is 18.7 Å². The minimum absolute atomic E-state index is 0.0640. The molecule has 0 saturated heterocycles. The van der Waals surface area contributed by atoms with Gasteiger partial charge in [-0.05, 0) is 47.8 Å². The minimum atomic E-state index is -3.98. The number of nitrogens with one attached hydrogen (secondary N) is 1. The van der Waals surface area contributed by atoms with Gasteiger partial charge in [0.1, 0.15) is 5.82 Å². The molecular formula is C21H19FN2O3S2. The van der Waals surface area contributed by atoms with Crippen molar-refractivity contribution in [2.75, 3.05) is 11.3 Å². The molecule has 0 radical (unpaired) electrons. The second kappa shape index (κ2) is 9.02. The Hall–Kier alpha value is -2.97. The lowest BCUT2D eigenvalue weighted by Crippen LogP contribution is -2.30. The van der Waals surface area contributed by atoms with Crippen molar-refractivity contribution >= 4 is 33.0 Å². The lowest BCUT2D eigenvalue weighted by molar-refractivity contribution is 0.0764. The van der Waals surface area contributed by atoms with Gasteiger partial charge in [0.15, 0.2) is 0 Å². The van der Waals surface area contributed by atoms with Gasteiger partial charge in [0.05, 0.1) is 17.1 Å². The van der Waals surface area contributed by atoms with Crippen molar-refractivity contribution in [1.29, 1.82) is 0 Å². The van der Waals surface area contributed by atoms with Gasteiger partial charge in [0.25, 0.3) is 15.9 Å². The first-order valence-corrected chi connectivity index (χ1v) is 11.1. The van der Waals surface area contributed by atoms with Crippen molar-refractivity contribution in [2.45, 2.75) is 11.4 Å². The highest BCUT2D eigenvalue weighted by Crippen LogP contribution is 2.20. The van der Waals surface area contributed by atoms with Crippen LogP contribution in [0.2, 0.25) is 0 Å². The molecule has 1 amide bonds. The summed E-state index contributed by atoms with van der Waals surface area (Å²) in [5.41, 5.74) is 0.217. The van der Waals surface area contributed by atoms with Crippen LogP contribution in [0.3, 0.4) is 0 Å². The largest absolute Gasteiger partial charge is 0.330 e. The standard InChI is InChI=1S/C21H19FN2O3S2/c1-2-13-24(15-17-6-5-14-28-17)21(25)16-9-11-18(12-10-16)29(26,27)23-20-8-4-3-7-19(20)22/h2-12,14,23H,1,13,15H2. The number of carbonyl (C=O) groups is 1. The second-order valence-corrected chi connectivity index (χ2v) is 8.88. The number of thiophene rings is 1. The average Bonchev–Trinajstić information content (AvgIpc) is 3.22. The van der Waals surface area contributed by atoms with Gasteiger partial charge in [0.2, 0.25) is 0 Å². The van der Waals surface area contributed by atoms with Crippen LogP contribution in [-0.4, -0.2) is 25.8 Å². The Labute approximate surface area is 173 Å². The molecule has 0 fully saturated rings. The molecule has 1 heterocycles. The van der Waals surface area contributed by atoms with Crippen molar-refractivity contribution in [1.82, 2.24) is 4.90 Å². The molecule has 2 aromatic carbocycles. The Morgan fingerprint density at radius 3 is 2.45 bits per heavy atom. The molecule has 0 spiro atoms. The zero-order chi connectivity index (χ0) is 20.9. The molecule has 29 heavy (non-hydrogen) atoms. The maximum atomic E-state index is 13.7. The molecule has 0 atom stereocenters. The van der Waals surface area contributed by atoms with Crippen LogP contribution < -0.4 is 4.72 Å². The van der Waals surface area contributed by atoms with E-state index in [1.54, 1.807) is 22.3 Å². The summed E-state index contributed by atoms with van der Waals surface area (Å²) in [6.07, 6.45) is 1.64. The van der Waals surface area contributed by atoms with Gasteiger partial charge >= 0.3 is 0 Å². The van der Waals surface area contributed by atoms with Crippen LogP contribution in [0.25, 0.3) is 0 Å². The topological polar surface area (TPSA) is 66.5 Å². The van der Waals surface area contributed by atoms with Crippen molar-refractivity contribution in [3.05, 3.63) is 95.0 Å². The number of hydrogen-bond donors (Lipinski definition) is 1. The summed E-state index contributed by atoms with van der Waals surface area (Å²) in [4.78, 5) is 15.4. The second-order valence-electron chi connectivity index (χ2n) is 6.16. The van der Waals surface area contributed by atoms with E-state index in [2.05, 4.69) is 11.3 Å². The van der Waals surface area contributed by atoms with Crippen molar-refractivity contribution < 1.29 is 17.6 Å². The van der Waals surface area contributed by atoms with Crippen LogP contribution in [-0.2, 0) is 16.6 Å². The van der Waals surface area contributed by atoms with Crippen molar-refractivity contribution in [3.63, 3.8) is 0 Å². The Balaban J connectivity index is 1.78. The molecule has 1 aromatic heterocycles. The van der Waals surface area contributed by atoms with Crippen LogP contribution in [0.15, 0.2) is 83.6 Å². The third-order valence-corrected chi connectivity index (χ3v) is 6.34. The fraction of sp³-hybridized carbons (Fsp3) is 0.0952. The van der Waals surface area contributed by atoms with E-state index < -0.39 is 15.8 Å². The zero-order valence-corrected chi connectivity index (χ0v) is 17.0. The molecule has 150 valence electrons. The maximum absolute atomic E-state index is 13.7. The summed E-state index contributed by atoms with van der Waals surface area (Å²) in [6, 6.07) is 14.9. The SMILES string of the molecule is C=CCN(Cc1cccs1)C(=O)c1ccc(S(=O)(=O)Nc2ccccc2F)cc1. The van der Waals surface area contributed by atoms with E-state index in [4.69, 9.17) is 0 Å². The Bertz CT molecular complexity index is 1100. The van der Waals surface area contributed by atoms with Crippen molar-refractivity contribution in [2.24, 2.45) is 0 Å². The lowest BCUT2D eigenvalue weighted by atomic mass is 10.2. The lowest BCUT2D eigenvalue weighted by Gasteiger charge is -2.20. The predicted molar refractivity (Wildman–Crippen MR) is 113 cm³/mol. The quantitative estimate of drug-likeness (QED) is 0.535. The Morgan fingerprint density at radius 2 is 1.83 bits per heavy atom. The molecule has 3 rings (SSSR count). The number of sulfonamides is 1. The average molecular weight is 431 g/mol. The number of nitrogens with zero attached hydrogens (tertiary/aromatic N) is 1. The molecule has 8 heteroatoms. The van der Waals surface area contributed by atoms with Gasteiger partial charge in [-0.2, -0.15) is 0 Å². The molecule has 5 nitrogen and oxygen atoms in total. The first-order valence-electron chi connectivity index (χ1n) is 8.70. The molecule has 0 aliphatic carbocycles. The van der Waals surface area contributed by atoms with Gasteiger partial charge in [-0.1, -0.05) is 24.3 Å². The van der Waals surface area contributed by atoms with E-state index >= 15 is 0 Å². The summed E-state index contributed by atoms with van der Waals surface area (Å²) in [7, 11) is -3.98. The molecule has 3 aromatic rings. The van der Waals surface area contributed by atoms with Gasteiger partial charge in [-0.3, -0.25) is 9.52 Å². The van der Waals surface area contributed by atoms with Crippen LogP contribution in [0.4, 0.5) is 10.1 Å². The van der Waals surface area contributed by atoms with E-state index in [1.165, 1.54) is 48.5 Å². The predicted octanol–water partition coefficient (Wildman–Crippen LogP) is 4.52. The molecule has 0 aliphatic heterocycles. The molecule has 0 aliphatic rings. The fourth-order valence-electron chi connectivity index (χ4n) is 2.67. The number of anilines is 1. The van der Waals surface area contributed by atoms with E-state index in [1.807, 2.05) is 17.5 Å². The normalized spacial score (nSPS) is 11.1. The Kier molecular flexibility index (Phi) is 6.46. The van der Waals surface area contributed by atoms with Gasteiger partial charge in [-0.25, -0.2) is 12.8 Å². The number of hydrogen-bond acceptors (Lipinski definition) is 4. The summed E-state index contributed by atoms with van der Waals surface area (Å²) in [6.45, 7) is 4.50. The van der Waals surface area contributed by atoms with Crippen LogP contribution in [0.1, 0.15) is 15.2 Å². The minimum Gasteiger partial charge on any atom is -0.330 e. The van der Waals surface area contributed by atoms with Gasteiger partial charge < -0.3 is 4.90 Å². The first kappa shape index (κ1) is 20.8. The number of rotatable bonds is 8. The van der Waals surface area contributed by atoms with E-state index in [9.17, 15) is 17.6 Å². The van der Waals surface area contributed by atoms with Crippen LogP contribution >= 0.6 is 11.3 Å². The monoisotopic (exact) mass is 430 g/mol. The number of para-hydroxylation sites is 1. The summed E-state index contributed by atoms with van der Waals surface area (Å²) in [5, 5.41) is 1.94. The zero-order valence-electron chi connectivity index (χ0n) is 15.4. The molecule has 0 saturated carbocycles. The summed E-state index contributed by atoms with van der Waals surface area (Å²) in [5.74, 6) is -0.902. The highest BCUT2D eigenvalue weighted by atomic mass is 32.2. The summed E-state index contributed by atoms with van der Waals surface area (Å²) < 4.78 is 40.9. The third kappa shape index (κ3) is 5.10. The van der Waals surface area contributed by atoms with Gasteiger partial charge in [-0.15, -0.1) is 17.9 Å². The maximum Gasteiger partial charge on any atom is 0.261 e.